The van der Waals surface area contributed by atoms with E-state index in [1.807, 2.05) is 12.1 Å². The van der Waals surface area contributed by atoms with E-state index in [1.54, 1.807) is 24.4 Å². The molecule has 1 aromatic carbocycles. The number of anilines is 1. The highest BCUT2D eigenvalue weighted by Gasteiger charge is 2.59. The average molecular weight is 558 g/mol. The molecule has 0 radical (unpaired) electrons. The minimum absolute atomic E-state index is 0.0368. The van der Waals surface area contributed by atoms with Crippen molar-refractivity contribution in [2.45, 2.75) is 12.2 Å². The summed E-state index contributed by atoms with van der Waals surface area (Å²) in [4.78, 5) is 51.9. The molecular formula is C28H24FN7O5. The zero-order valence-corrected chi connectivity index (χ0v) is 21.9. The van der Waals surface area contributed by atoms with Crippen LogP contribution in [0.4, 0.5) is 15.0 Å². The maximum absolute atomic E-state index is 15.1. The molecule has 3 aromatic heterocycles. The van der Waals surface area contributed by atoms with Crippen LogP contribution in [0.3, 0.4) is 0 Å². The number of carbonyl (C=O) groups is 3. The molecule has 7 rings (SSSR count). The van der Waals surface area contributed by atoms with Gasteiger partial charge in [0.25, 0.3) is 17.5 Å². The van der Waals surface area contributed by atoms with Crippen LogP contribution >= 0.6 is 0 Å². The Hall–Kier alpha value is -5.04. The van der Waals surface area contributed by atoms with Crippen LogP contribution in [-0.4, -0.2) is 66.0 Å². The number of nitrogens with one attached hydrogen (secondary N) is 3. The number of hydrogen-bond donors (Lipinski definition) is 3. The number of furan rings is 1. The Bertz CT molecular complexity index is 1750. The van der Waals surface area contributed by atoms with E-state index in [4.69, 9.17) is 14.1 Å². The van der Waals surface area contributed by atoms with Crippen molar-refractivity contribution in [1.29, 1.82) is 0 Å². The van der Waals surface area contributed by atoms with Crippen molar-refractivity contribution in [1.82, 2.24) is 30.8 Å². The van der Waals surface area contributed by atoms with Gasteiger partial charge >= 0.3 is 6.03 Å². The predicted octanol–water partition coefficient (Wildman–Crippen LogP) is 2.10. The van der Waals surface area contributed by atoms with Gasteiger partial charge in [0, 0.05) is 44.0 Å². The van der Waals surface area contributed by atoms with Gasteiger partial charge in [-0.2, -0.15) is 0 Å². The van der Waals surface area contributed by atoms with Gasteiger partial charge in [0.05, 0.1) is 24.9 Å². The highest BCUT2D eigenvalue weighted by Crippen LogP contribution is 2.41. The first-order valence-electron chi connectivity index (χ1n) is 13.0. The Morgan fingerprint density at radius 3 is 2.66 bits per heavy atom. The lowest BCUT2D eigenvalue weighted by Crippen LogP contribution is -2.57. The number of benzene rings is 1. The maximum Gasteiger partial charge on any atom is 0.324 e. The molecule has 13 heteroatoms. The van der Waals surface area contributed by atoms with Crippen molar-refractivity contribution >= 4 is 34.8 Å². The normalized spacial score (nSPS) is 20.4. The number of amides is 4. The fourth-order valence-electron chi connectivity index (χ4n) is 5.62. The minimum Gasteiger partial charge on any atom is -0.494 e. The molecule has 3 aliphatic rings. The Morgan fingerprint density at radius 2 is 1.90 bits per heavy atom. The van der Waals surface area contributed by atoms with Gasteiger partial charge < -0.3 is 24.7 Å². The number of rotatable bonds is 5. The average Bonchev–Trinajstić information content (AvgIpc) is 3.66. The summed E-state index contributed by atoms with van der Waals surface area (Å²) in [6.07, 6.45) is 1.73. The summed E-state index contributed by atoms with van der Waals surface area (Å²) in [5.41, 5.74) is 0.294. The summed E-state index contributed by atoms with van der Waals surface area (Å²) in [6.45, 7) is 3.30. The lowest BCUT2D eigenvalue weighted by atomic mass is 10.0. The van der Waals surface area contributed by atoms with E-state index < -0.39 is 29.3 Å². The number of nitrogens with zero attached hydrogens (tertiary/aromatic N) is 4. The quantitative estimate of drug-likeness (QED) is 0.315. The van der Waals surface area contributed by atoms with Crippen molar-refractivity contribution in [3.8, 4) is 17.0 Å². The van der Waals surface area contributed by atoms with Gasteiger partial charge in [0.2, 0.25) is 0 Å². The number of aromatic nitrogens is 2. The zero-order valence-electron chi connectivity index (χ0n) is 21.9. The number of ether oxygens (including phenoxy) is 1. The van der Waals surface area contributed by atoms with Crippen LogP contribution in [-0.2, 0) is 17.0 Å². The number of pyridine rings is 2. The Labute approximate surface area is 232 Å². The van der Waals surface area contributed by atoms with Crippen LogP contribution in [0.5, 0.6) is 5.75 Å². The highest BCUT2D eigenvalue weighted by molar-refractivity contribution is 6.11. The number of piperazine rings is 1. The molecule has 6 heterocycles. The summed E-state index contributed by atoms with van der Waals surface area (Å²) >= 11 is 0. The van der Waals surface area contributed by atoms with Gasteiger partial charge in [-0.1, -0.05) is 6.07 Å². The molecule has 0 bridgehead atoms. The molecule has 1 atom stereocenters. The largest absolute Gasteiger partial charge is 0.494 e. The van der Waals surface area contributed by atoms with Crippen LogP contribution in [0.15, 0.2) is 53.1 Å². The summed E-state index contributed by atoms with van der Waals surface area (Å²) in [7, 11) is 1.29. The second kappa shape index (κ2) is 9.27. The number of imide groups is 1. The van der Waals surface area contributed by atoms with Gasteiger partial charge in [-0.3, -0.25) is 19.8 Å². The smallest absolute Gasteiger partial charge is 0.324 e. The topological polar surface area (TPSA) is 142 Å². The highest BCUT2D eigenvalue weighted by atomic mass is 19.1. The predicted molar refractivity (Wildman–Crippen MR) is 144 cm³/mol. The molecule has 3 N–H and O–H groups in total. The molecule has 208 valence electrons. The monoisotopic (exact) mass is 557 g/mol. The maximum atomic E-state index is 15.1. The molecule has 0 aliphatic carbocycles. The van der Waals surface area contributed by atoms with Gasteiger partial charge in [0.15, 0.2) is 22.9 Å². The van der Waals surface area contributed by atoms with E-state index >= 15 is 4.39 Å². The van der Waals surface area contributed by atoms with Crippen molar-refractivity contribution in [3.63, 3.8) is 0 Å². The second-order valence-electron chi connectivity index (χ2n) is 9.96. The molecule has 41 heavy (non-hydrogen) atoms. The van der Waals surface area contributed by atoms with E-state index in [1.165, 1.54) is 19.2 Å². The lowest BCUT2D eigenvalue weighted by Gasteiger charge is -2.33. The van der Waals surface area contributed by atoms with E-state index in [0.29, 0.717) is 22.4 Å². The minimum atomic E-state index is -2.06. The first-order chi connectivity index (χ1) is 19.9. The number of methoxy groups -OCH3 is 1. The van der Waals surface area contributed by atoms with Gasteiger partial charge in [-0.25, -0.2) is 19.2 Å². The third kappa shape index (κ3) is 3.80. The van der Waals surface area contributed by atoms with Crippen LogP contribution in [0.25, 0.3) is 22.4 Å². The van der Waals surface area contributed by atoms with Crippen molar-refractivity contribution < 1.29 is 27.9 Å². The SMILES string of the molecule is COc1ccc2c(c1F)C(=O)N([C@@]1(c3cc4nc(-c5ccnc(N6CCNCC6)c5)ccc4o3)NC(=O)NC1=O)C2. The van der Waals surface area contributed by atoms with E-state index in [2.05, 4.69) is 25.8 Å². The van der Waals surface area contributed by atoms with Crippen molar-refractivity contribution in [2.75, 3.05) is 38.2 Å². The molecule has 12 nitrogen and oxygen atoms in total. The van der Waals surface area contributed by atoms with Gasteiger partial charge in [0.1, 0.15) is 11.3 Å². The Morgan fingerprint density at radius 1 is 1.07 bits per heavy atom. The molecule has 0 unspecified atom stereocenters. The number of fused-ring (bicyclic) bond motifs is 2. The molecule has 2 saturated heterocycles. The third-order valence-corrected chi connectivity index (χ3v) is 7.67. The summed E-state index contributed by atoms with van der Waals surface area (Å²) in [5.74, 6) is -1.76. The molecule has 0 spiro atoms. The van der Waals surface area contributed by atoms with E-state index in [0.717, 1.165) is 42.5 Å². The number of carbonyl (C=O) groups excluding carboxylic acids is 3. The standard InChI is InChI=1S/C28H24FN7O5/c1-40-20-4-2-16-14-36(25(37)23(16)24(20)29)28(26(38)33-27(39)34-28)21-13-18-19(41-21)5-3-17(32-18)15-6-7-31-22(12-15)35-10-8-30-9-11-35/h2-7,12-13,30H,8-11,14H2,1H3,(H2,33,34,38,39)/t28-/m1/s1. The Balaban J connectivity index is 1.28. The lowest BCUT2D eigenvalue weighted by molar-refractivity contribution is -0.131. The molecule has 3 aliphatic heterocycles. The molecule has 0 saturated carbocycles. The number of urea groups is 1. The summed E-state index contributed by atoms with van der Waals surface area (Å²) in [6, 6.07) is 11.0. The van der Waals surface area contributed by atoms with Gasteiger partial charge in [-0.05, 0) is 35.9 Å². The molecule has 4 amide bonds. The first kappa shape index (κ1) is 25.0. The summed E-state index contributed by atoms with van der Waals surface area (Å²) in [5, 5.41) is 8.07. The fourth-order valence-corrected chi connectivity index (χ4v) is 5.62. The van der Waals surface area contributed by atoms with Gasteiger partial charge in [-0.15, -0.1) is 0 Å². The fraction of sp³-hybridized carbons (Fsp3) is 0.250. The van der Waals surface area contributed by atoms with Crippen molar-refractivity contribution in [2.24, 2.45) is 0 Å². The molecular weight excluding hydrogens is 533 g/mol. The molecule has 4 aromatic rings. The van der Waals surface area contributed by atoms with Crippen molar-refractivity contribution in [3.05, 3.63) is 71.4 Å². The Kier molecular flexibility index (Phi) is 5.64. The van der Waals surface area contributed by atoms with E-state index in [9.17, 15) is 14.4 Å². The third-order valence-electron chi connectivity index (χ3n) is 7.67. The van der Waals surface area contributed by atoms with Crippen LogP contribution in [0, 0.1) is 5.82 Å². The molecule has 2 fully saturated rings. The number of hydrogen-bond acceptors (Lipinski definition) is 9. The van der Waals surface area contributed by atoms with Crippen LogP contribution in [0.2, 0.25) is 0 Å². The zero-order chi connectivity index (χ0) is 28.3. The van der Waals surface area contributed by atoms with Crippen LogP contribution < -0.4 is 25.6 Å². The number of halogens is 1. The van der Waals surface area contributed by atoms with E-state index in [-0.39, 0.29) is 23.6 Å². The second-order valence-corrected chi connectivity index (χ2v) is 9.96. The summed E-state index contributed by atoms with van der Waals surface area (Å²) < 4.78 is 26.2. The van der Waals surface area contributed by atoms with Crippen LogP contribution in [0.1, 0.15) is 21.7 Å². The first-order valence-corrected chi connectivity index (χ1v) is 13.0.